The average Bonchev–Trinajstić information content (AvgIpc) is 3.20. The Bertz CT molecular complexity index is 870. The molecule has 1 heterocycles. The number of hydrogen-bond acceptors (Lipinski definition) is 6. The van der Waals surface area contributed by atoms with Crippen molar-refractivity contribution in [2.75, 3.05) is 12.4 Å². The molecule has 0 aliphatic carbocycles. The summed E-state index contributed by atoms with van der Waals surface area (Å²) in [5.41, 5.74) is 0.360. The number of rotatable bonds is 8. The number of methoxy groups -OCH3 is 1. The Balaban J connectivity index is 2.02. The summed E-state index contributed by atoms with van der Waals surface area (Å²) in [6.07, 6.45) is -1.09. The van der Waals surface area contributed by atoms with Crippen molar-refractivity contribution in [3.05, 3.63) is 45.6 Å². The minimum Gasteiger partial charge on any atom is -0.495 e. The predicted octanol–water partition coefficient (Wildman–Crippen LogP) is 3.73. The van der Waals surface area contributed by atoms with Gasteiger partial charge in [0, 0.05) is 5.02 Å². The second kappa shape index (κ2) is 10.3. The fraction of sp³-hybridized carbons (Fsp3) is 0.350. The van der Waals surface area contributed by atoms with Crippen LogP contribution in [0, 0.1) is 5.92 Å². The van der Waals surface area contributed by atoms with Crippen LogP contribution in [0.1, 0.15) is 30.4 Å². The monoisotopic (exact) mass is 438 g/mol. The van der Waals surface area contributed by atoms with Crippen LogP contribution < -0.4 is 15.4 Å². The largest absolute Gasteiger partial charge is 0.495 e. The zero-order chi connectivity index (χ0) is 21.6. The van der Waals surface area contributed by atoms with Gasteiger partial charge in [-0.3, -0.25) is 9.59 Å². The molecule has 0 saturated heterocycles. The minimum absolute atomic E-state index is 0.227. The molecule has 0 aliphatic heterocycles. The topological polar surface area (TPSA) is 93.7 Å². The first-order chi connectivity index (χ1) is 13.7. The van der Waals surface area contributed by atoms with Gasteiger partial charge >= 0.3 is 5.97 Å². The van der Waals surface area contributed by atoms with Gasteiger partial charge in [-0.25, -0.2) is 4.79 Å². The number of benzene rings is 1. The summed E-state index contributed by atoms with van der Waals surface area (Å²) in [6.45, 7) is 5.01. The third-order valence-electron chi connectivity index (χ3n) is 4.03. The number of hydrogen-bond donors (Lipinski definition) is 2. The van der Waals surface area contributed by atoms with E-state index in [4.69, 9.17) is 21.1 Å². The maximum Gasteiger partial charge on any atom is 0.329 e. The molecule has 2 aromatic rings. The standard InChI is InChI=1S/C20H23ClN2O5S/c1-11(2)17(23-19(25)16-6-5-9-29-16)20(26)28-12(3)18(24)22-14-10-13(21)7-8-15(14)27-4/h5-12,17H,1-4H3,(H,22,24)(H,23,25). The van der Waals surface area contributed by atoms with Crippen molar-refractivity contribution in [3.63, 3.8) is 0 Å². The van der Waals surface area contributed by atoms with Gasteiger partial charge in [0.05, 0.1) is 17.7 Å². The van der Waals surface area contributed by atoms with Crippen molar-refractivity contribution < 1.29 is 23.9 Å². The Morgan fingerprint density at radius 2 is 1.86 bits per heavy atom. The summed E-state index contributed by atoms with van der Waals surface area (Å²) in [5.74, 6) is -1.41. The normalized spacial score (nSPS) is 12.8. The van der Waals surface area contributed by atoms with Crippen LogP contribution in [0.3, 0.4) is 0 Å². The highest BCUT2D eigenvalue weighted by atomic mass is 35.5. The third kappa shape index (κ3) is 6.20. The average molecular weight is 439 g/mol. The van der Waals surface area contributed by atoms with Crippen molar-refractivity contribution in [2.24, 2.45) is 5.92 Å². The molecule has 156 valence electrons. The van der Waals surface area contributed by atoms with Crippen molar-refractivity contribution in [3.8, 4) is 5.75 Å². The van der Waals surface area contributed by atoms with E-state index < -0.39 is 24.0 Å². The molecule has 2 amide bonds. The van der Waals surface area contributed by atoms with Gasteiger partial charge in [-0.2, -0.15) is 0 Å². The van der Waals surface area contributed by atoms with Crippen LogP contribution in [-0.2, 0) is 14.3 Å². The van der Waals surface area contributed by atoms with E-state index in [1.807, 2.05) is 0 Å². The number of esters is 1. The smallest absolute Gasteiger partial charge is 0.329 e. The van der Waals surface area contributed by atoms with E-state index in [1.165, 1.54) is 31.4 Å². The highest BCUT2D eigenvalue weighted by Crippen LogP contribution is 2.27. The molecule has 1 aromatic heterocycles. The fourth-order valence-corrected chi connectivity index (χ4v) is 3.23. The lowest BCUT2D eigenvalue weighted by atomic mass is 10.0. The first kappa shape index (κ1) is 22.7. The molecule has 2 unspecified atom stereocenters. The van der Waals surface area contributed by atoms with Crippen molar-refractivity contribution in [2.45, 2.75) is 32.9 Å². The molecule has 29 heavy (non-hydrogen) atoms. The summed E-state index contributed by atoms with van der Waals surface area (Å²) in [5, 5.41) is 7.48. The van der Waals surface area contributed by atoms with E-state index in [2.05, 4.69) is 10.6 Å². The minimum atomic E-state index is -1.09. The van der Waals surface area contributed by atoms with Gasteiger partial charge in [0.25, 0.3) is 11.8 Å². The molecule has 2 rings (SSSR count). The quantitative estimate of drug-likeness (QED) is 0.612. The van der Waals surface area contributed by atoms with Crippen molar-refractivity contribution >= 4 is 46.4 Å². The van der Waals surface area contributed by atoms with Gasteiger partial charge in [0.1, 0.15) is 11.8 Å². The molecular formula is C20H23ClN2O5S. The maximum absolute atomic E-state index is 12.6. The fourth-order valence-electron chi connectivity index (χ4n) is 2.43. The van der Waals surface area contributed by atoms with Gasteiger partial charge in [0.2, 0.25) is 0 Å². The van der Waals surface area contributed by atoms with Crippen LogP contribution in [0.15, 0.2) is 35.7 Å². The number of carbonyl (C=O) groups is 3. The highest BCUT2D eigenvalue weighted by Gasteiger charge is 2.29. The Hall–Kier alpha value is -2.58. The predicted molar refractivity (Wildman–Crippen MR) is 113 cm³/mol. The number of halogens is 1. The van der Waals surface area contributed by atoms with Crippen LogP contribution in [0.4, 0.5) is 5.69 Å². The molecule has 7 nitrogen and oxygen atoms in total. The van der Waals surface area contributed by atoms with E-state index >= 15 is 0 Å². The molecule has 0 fully saturated rings. The lowest BCUT2D eigenvalue weighted by molar-refractivity contribution is -0.156. The lowest BCUT2D eigenvalue weighted by Gasteiger charge is -2.23. The highest BCUT2D eigenvalue weighted by molar-refractivity contribution is 7.12. The summed E-state index contributed by atoms with van der Waals surface area (Å²) in [7, 11) is 1.46. The molecule has 0 bridgehead atoms. The van der Waals surface area contributed by atoms with Crippen LogP contribution in [-0.4, -0.2) is 37.0 Å². The van der Waals surface area contributed by atoms with Crippen molar-refractivity contribution in [1.29, 1.82) is 0 Å². The van der Waals surface area contributed by atoms with E-state index in [0.29, 0.717) is 21.3 Å². The van der Waals surface area contributed by atoms with E-state index in [-0.39, 0.29) is 11.8 Å². The summed E-state index contributed by atoms with van der Waals surface area (Å²) in [6, 6.07) is 7.30. The van der Waals surface area contributed by atoms with Crippen LogP contribution in [0.2, 0.25) is 5.02 Å². The second-order valence-corrected chi connectivity index (χ2v) is 7.97. The maximum atomic E-state index is 12.6. The van der Waals surface area contributed by atoms with Gasteiger partial charge in [-0.1, -0.05) is 31.5 Å². The van der Waals surface area contributed by atoms with Gasteiger partial charge in [-0.05, 0) is 42.5 Å². The third-order valence-corrected chi connectivity index (χ3v) is 5.14. The number of thiophene rings is 1. The first-order valence-electron chi connectivity index (χ1n) is 8.92. The number of ether oxygens (including phenoxy) is 2. The Labute approximate surface area is 178 Å². The zero-order valence-corrected chi connectivity index (χ0v) is 18.1. The summed E-state index contributed by atoms with van der Waals surface area (Å²) < 4.78 is 10.5. The Kier molecular flexibility index (Phi) is 8.04. The molecule has 0 radical (unpaired) electrons. The number of nitrogens with one attached hydrogen (secondary N) is 2. The molecule has 2 N–H and O–H groups in total. The van der Waals surface area contributed by atoms with Gasteiger partial charge in [0.15, 0.2) is 6.10 Å². The molecular weight excluding hydrogens is 416 g/mol. The summed E-state index contributed by atoms with van der Waals surface area (Å²) in [4.78, 5) is 37.8. The second-order valence-electron chi connectivity index (χ2n) is 6.59. The van der Waals surface area contributed by atoms with Gasteiger partial charge in [-0.15, -0.1) is 11.3 Å². The number of anilines is 1. The van der Waals surface area contributed by atoms with E-state index in [0.717, 1.165) is 0 Å². The Morgan fingerprint density at radius 1 is 1.14 bits per heavy atom. The molecule has 0 aliphatic rings. The molecule has 0 saturated carbocycles. The van der Waals surface area contributed by atoms with Crippen LogP contribution >= 0.6 is 22.9 Å². The number of carbonyl (C=O) groups excluding carboxylic acids is 3. The first-order valence-corrected chi connectivity index (χ1v) is 10.2. The molecule has 2 atom stereocenters. The number of amides is 2. The van der Waals surface area contributed by atoms with Crippen LogP contribution in [0.5, 0.6) is 5.75 Å². The SMILES string of the molecule is COc1ccc(Cl)cc1NC(=O)C(C)OC(=O)C(NC(=O)c1cccs1)C(C)C. The summed E-state index contributed by atoms with van der Waals surface area (Å²) >= 11 is 7.23. The molecule has 0 spiro atoms. The Morgan fingerprint density at radius 3 is 2.45 bits per heavy atom. The molecule has 9 heteroatoms. The molecule has 1 aromatic carbocycles. The zero-order valence-electron chi connectivity index (χ0n) is 16.5. The van der Waals surface area contributed by atoms with Gasteiger partial charge < -0.3 is 20.1 Å². The van der Waals surface area contributed by atoms with E-state index in [9.17, 15) is 14.4 Å². The van der Waals surface area contributed by atoms with Crippen LogP contribution in [0.25, 0.3) is 0 Å². The van der Waals surface area contributed by atoms with Crippen molar-refractivity contribution in [1.82, 2.24) is 5.32 Å². The lowest BCUT2D eigenvalue weighted by Crippen LogP contribution is -2.47. The van der Waals surface area contributed by atoms with E-state index in [1.54, 1.807) is 43.5 Å².